The van der Waals surface area contributed by atoms with E-state index >= 15 is 0 Å². The molecule has 0 aliphatic rings. The zero-order chi connectivity index (χ0) is 17.0. The fraction of sp³-hybridized carbons (Fsp3) is 0.316. The molecule has 23 heavy (non-hydrogen) atoms. The first kappa shape index (κ1) is 17.5. The monoisotopic (exact) mass is 375 g/mol. The van der Waals surface area contributed by atoms with Gasteiger partial charge in [-0.15, -0.1) is 0 Å². The predicted molar refractivity (Wildman–Crippen MR) is 98.3 cm³/mol. The number of hydrogen-bond acceptors (Lipinski definition) is 2. The third-order valence-corrected chi connectivity index (χ3v) is 3.97. The first-order valence-electron chi connectivity index (χ1n) is 7.68. The van der Waals surface area contributed by atoms with E-state index in [2.05, 4.69) is 35.1 Å². The molecule has 0 saturated carbocycles. The Kier molecular flexibility index (Phi) is 5.83. The topological polar surface area (TPSA) is 38.3 Å². The lowest BCUT2D eigenvalue weighted by atomic mass is 10.1. The highest BCUT2D eigenvalue weighted by Gasteiger charge is 2.15. The first-order valence-corrected chi connectivity index (χ1v) is 8.47. The van der Waals surface area contributed by atoms with Gasteiger partial charge >= 0.3 is 0 Å². The van der Waals surface area contributed by atoms with E-state index in [0.29, 0.717) is 23.8 Å². The highest BCUT2D eigenvalue weighted by molar-refractivity contribution is 9.10. The molecular formula is C19H22BrNO2. The molecule has 2 rings (SSSR count). The van der Waals surface area contributed by atoms with Crippen molar-refractivity contribution in [3.05, 3.63) is 57.6 Å². The first-order chi connectivity index (χ1) is 10.9. The number of carbonyl (C=O) groups is 1. The highest BCUT2D eigenvalue weighted by Crippen LogP contribution is 2.26. The fourth-order valence-corrected chi connectivity index (χ4v) is 2.62. The summed E-state index contributed by atoms with van der Waals surface area (Å²) in [6, 6.07) is 11.5. The van der Waals surface area contributed by atoms with Gasteiger partial charge in [0.1, 0.15) is 5.75 Å². The Labute approximate surface area is 146 Å². The Hall–Kier alpha value is -1.81. The molecule has 0 saturated heterocycles. The molecule has 1 N–H and O–H groups in total. The van der Waals surface area contributed by atoms with Crippen LogP contribution in [0.25, 0.3) is 0 Å². The van der Waals surface area contributed by atoms with Crippen LogP contribution in [0.3, 0.4) is 0 Å². The van der Waals surface area contributed by atoms with Crippen molar-refractivity contribution in [3.63, 3.8) is 0 Å². The predicted octanol–water partition coefficient (Wildman–Crippen LogP) is 5.35. The van der Waals surface area contributed by atoms with Crippen LogP contribution in [0.2, 0.25) is 0 Å². The quantitative estimate of drug-likeness (QED) is 0.764. The maximum Gasteiger partial charge on any atom is 0.259 e. The number of para-hydroxylation sites is 1. The van der Waals surface area contributed by atoms with E-state index in [4.69, 9.17) is 4.74 Å². The zero-order valence-electron chi connectivity index (χ0n) is 13.9. The zero-order valence-corrected chi connectivity index (χ0v) is 15.5. The number of carbonyl (C=O) groups excluding carboxylic acids is 1. The van der Waals surface area contributed by atoms with E-state index in [1.54, 1.807) is 6.07 Å². The van der Waals surface area contributed by atoms with Crippen LogP contribution in [-0.2, 0) is 0 Å². The summed E-state index contributed by atoms with van der Waals surface area (Å²) >= 11 is 3.42. The largest absolute Gasteiger partial charge is 0.492 e. The minimum absolute atomic E-state index is 0.164. The molecule has 2 aromatic rings. The summed E-state index contributed by atoms with van der Waals surface area (Å²) in [5.74, 6) is 0.835. The van der Waals surface area contributed by atoms with Crippen LogP contribution < -0.4 is 10.1 Å². The lowest BCUT2D eigenvalue weighted by Crippen LogP contribution is -2.16. The Bertz CT molecular complexity index is 690. The van der Waals surface area contributed by atoms with Gasteiger partial charge in [-0.3, -0.25) is 4.79 Å². The maximum absolute atomic E-state index is 12.7. The minimum atomic E-state index is -0.164. The van der Waals surface area contributed by atoms with Crippen molar-refractivity contribution in [2.45, 2.75) is 27.7 Å². The molecule has 1 amide bonds. The van der Waals surface area contributed by atoms with Crippen LogP contribution in [0.15, 0.2) is 40.9 Å². The van der Waals surface area contributed by atoms with Crippen LogP contribution in [-0.4, -0.2) is 12.5 Å². The third-order valence-electron chi connectivity index (χ3n) is 3.48. The summed E-state index contributed by atoms with van der Waals surface area (Å²) in [5, 5.41) is 3.01. The van der Waals surface area contributed by atoms with Gasteiger partial charge in [0.15, 0.2) is 0 Å². The van der Waals surface area contributed by atoms with Gasteiger partial charge in [-0.05, 0) is 49.1 Å². The second-order valence-corrected chi connectivity index (χ2v) is 6.98. The average Bonchev–Trinajstić information content (AvgIpc) is 2.49. The SMILES string of the molecule is Cc1cccc(C)c1NC(=O)c1cc(Br)ccc1OCC(C)C. The van der Waals surface area contributed by atoms with E-state index in [9.17, 15) is 4.79 Å². The third kappa shape index (κ3) is 4.58. The van der Waals surface area contributed by atoms with Gasteiger partial charge in [0.25, 0.3) is 5.91 Å². The van der Waals surface area contributed by atoms with E-state index in [1.165, 1.54) is 0 Å². The van der Waals surface area contributed by atoms with Crippen LogP contribution in [0.4, 0.5) is 5.69 Å². The smallest absolute Gasteiger partial charge is 0.259 e. The molecule has 0 radical (unpaired) electrons. The van der Waals surface area contributed by atoms with Crippen molar-refractivity contribution in [2.75, 3.05) is 11.9 Å². The van der Waals surface area contributed by atoms with Crippen molar-refractivity contribution in [1.82, 2.24) is 0 Å². The molecular weight excluding hydrogens is 354 g/mol. The summed E-state index contributed by atoms with van der Waals surface area (Å²) in [5.41, 5.74) is 3.46. The molecule has 0 heterocycles. The second kappa shape index (κ2) is 7.64. The van der Waals surface area contributed by atoms with Crippen molar-refractivity contribution in [1.29, 1.82) is 0 Å². The number of hydrogen-bond donors (Lipinski definition) is 1. The van der Waals surface area contributed by atoms with Gasteiger partial charge in [-0.2, -0.15) is 0 Å². The van der Waals surface area contributed by atoms with Gasteiger partial charge in [0, 0.05) is 10.2 Å². The molecule has 0 bridgehead atoms. The normalized spacial score (nSPS) is 10.7. The summed E-state index contributed by atoms with van der Waals surface area (Å²) in [7, 11) is 0. The van der Waals surface area contributed by atoms with Crippen molar-refractivity contribution in [3.8, 4) is 5.75 Å². The summed E-state index contributed by atoms with van der Waals surface area (Å²) < 4.78 is 6.64. The molecule has 0 aliphatic heterocycles. The fourth-order valence-electron chi connectivity index (χ4n) is 2.25. The van der Waals surface area contributed by atoms with Crippen LogP contribution in [0.5, 0.6) is 5.75 Å². The van der Waals surface area contributed by atoms with Crippen LogP contribution >= 0.6 is 15.9 Å². The van der Waals surface area contributed by atoms with E-state index in [1.807, 2.05) is 44.2 Å². The van der Waals surface area contributed by atoms with E-state index in [-0.39, 0.29) is 5.91 Å². The molecule has 0 unspecified atom stereocenters. The Morgan fingerprint density at radius 3 is 2.43 bits per heavy atom. The Morgan fingerprint density at radius 1 is 1.17 bits per heavy atom. The molecule has 0 aliphatic carbocycles. The summed E-state index contributed by atoms with van der Waals surface area (Å²) in [6.45, 7) is 8.70. The van der Waals surface area contributed by atoms with Gasteiger partial charge < -0.3 is 10.1 Å². The molecule has 122 valence electrons. The number of anilines is 1. The number of benzene rings is 2. The van der Waals surface area contributed by atoms with Crippen molar-refractivity contribution >= 4 is 27.5 Å². The number of ether oxygens (including phenoxy) is 1. The molecule has 3 nitrogen and oxygen atoms in total. The van der Waals surface area contributed by atoms with Crippen LogP contribution in [0.1, 0.15) is 35.3 Å². The molecule has 2 aromatic carbocycles. The standard InChI is InChI=1S/C19H22BrNO2/c1-12(2)11-23-17-9-8-15(20)10-16(17)19(22)21-18-13(3)6-5-7-14(18)4/h5-10,12H,11H2,1-4H3,(H,21,22). The average molecular weight is 376 g/mol. The van der Waals surface area contributed by atoms with Gasteiger partial charge in [-0.1, -0.05) is 48.0 Å². The van der Waals surface area contributed by atoms with Gasteiger partial charge in [0.05, 0.1) is 12.2 Å². The second-order valence-electron chi connectivity index (χ2n) is 6.07. The molecule has 0 atom stereocenters. The van der Waals surface area contributed by atoms with Crippen molar-refractivity contribution < 1.29 is 9.53 Å². The number of rotatable bonds is 5. The lowest BCUT2D eigenvalue weighted by molar-refractivity contribution is 0.102. The number of halogens is 1. The minimum Gasteiger partial charge on any atom is -0.492 e. The van der Waals surface area contributed by atoms with Gasteiger partial charge in [-0.25, -0.2) is 0 Å². The molecule has 0 fully saturated rings. The highest BCUT2D eigenvalue weighted by atomic mass is 79.9. The lowest BCUT2D eigenvalue weighted by Gasteiger charge is -2.15. The molecule has 0 aromatic heterocycles. The van der Waals surface area contributed by atoms with Crippen LogP contribution in [0, 0.1) is 19.8 Å². The van der Waals surface area contributed by atoms with E-state index in [0.717, 1.165) is 21.3 Å². The van der Waals surface area contributed by atoms with Gasteiger partial charge in [0.2, 0.25) is 0 Å². The summed E-state index contributed by atoms with van der Waals surface area (Å²) in [6.07, 6.45) is 0. The maximum atomic E-state index is 12.7. The Morgan fingerprint density at radius 2 is 1.83 bits per heavy atom. The molecule has 4 heteroatoms. The number of amides is 1. The summed E-state index contributed by atoms with van der Waals surface area (Å²) in [4.78, 5) is 12.7. The van der Waals surface area contributed by atoms with E-state index < -0.39 is 0 Å². The number of aryl methyl sites for hydroxylation is 2. The van der Waals surface area contributed by atoms with Crippen molar-refractivity contribution in [2.24, 2.45) is 5.92 Å². The molecule has 0 spiro atoms. The Balaban J connectivity index is 2.29. The number of nitrogens with one attached hydrogen (secondary N) is 1.